The summed E-state index contributed by atoms with van der Waals surface area (Å²) in [6, 6.07) is 0. The zero-order valence-electron chi connectivity index (χ0n) is 4.55. The zero-order chi connectivity index (χ0) is 5.82. The number of amidine groups is 1. The van der Waals surface area contributed by atoms with Crippen molar-refractivity contribution in [2.24, 2.45) is 4.99 Å². The first-order valence-corrected chi connectivity index (χ1v) is 3.11. The minimum Gasteiger partial charge on any atom is -0.372 e. The first-order valence-electron chi connectivity index (χ1n) is 2.64. The lowest BCUT2D eigenvalue weighted by Crippen LogP contribution is -2.17. The Labute approximate surface area is 54.0 Å². The number of nitrogens with zero attached hydrogens (tertiary/aromatic N) is 1. The Bertz CT molecular complexity index is 120. The lowest BCUT2D eigenvalue weighted by Gasteiger charge is -1.92. The van der Waals surface area contributed by atoms with Crippen molar-refractivity contribution in [1.82, 2.24) is 5.32 Å². The fraction of sp³-hybridized carbons (Fsp3) is 0.600. The number of rotatable bonds is 2. The molecule has 0 aromatic heterocycles. The zero-order valence-corrected chi connectivity index (χ0v) is 5.37. The van der Waals surface area contributed by atoms with Gasteiger partial charge >= 0.3 is 0 Å². The van der Waals surface area contributed by atoms with Gasteiger partial charge in [-0.25, -0.2) is 0 Å². The Balaban J connectivity index is 2.33. The molecule has 1 rings (SSSR count). The number of nitrogens with one attached hydrogen (secondary N) is 1. The molecule has 0 saturated heterocycles. The van der Waals surface area contributed by atoms with E-state index in [2.05, 4.69) is 22.5 Å². The Morgan fingerprint density at radius 1 is 1.88 bits per heavy atom. The quantitative estimate of drug-likeness (QED) is 0.544. The molecule has 1 aliphatic heterocycles. The van der Waals surface area contributed by atoms with Crippen molar-refractivity contribution in [1.29, 1.82) is 0 Å². The van der Waals surface area contributed by atoms with Gasteiger partial charge in [-0.1, -0.05) is 12.2 Å². The molecule has 3 heteroatoms. The molecule has 1 aliphatic rings. The van der Waals surface area contributed by atoms with Crippen LogP contribution >= 0.6 is 12.2 Å². The topological polar surface area (TPSA) is 24.4 Å². The number of hydrogen-bond donors (Lipinski definition) is 1. The van der Waals surface area contributed by atoms with Gasteiger partial charge in [-0.3, -0.25) is 4.99 Å². The molecule has 0 aliphatic carbocycles. The lowest BCUT2D eigenvalue weighted by molar-refractivity contribution is 0.957. The predicted octanol–water partition coefficient (Wildman–Crippen LogP) is 0.378. The molecule has 0 atom stereocenters. The molecule has 1 heterocycles. The number of aliphatic imine (C=N–C) groups is 1. The highest BCUT2D eigenvalue weighted by Crippen LogP contribution is 1.87. The van der Waals surface area contributed by atoms with Crippen LogP contribution in [0.1, 0.15) is 6.42 Å². The normalized spacial score (nSPS) is 17.2. The largest absolute Gasteiger partial charge is 0.372 e. The third kappa shape index (κ3) is 1.26. The van der Waals surface area contributed by atoms with E-state index in [4.69, 9.17) is 0 Å². The van der Waals surface area contributed by atoms with Gasteiger partial charge in [0.05, 0.1) is 6.54 Å². The average molecular weight is 128 g/mol. The standard InChI is InChI=1S/C5H8N2S/c8-4-1-5-6-2-3-7-5/h4H,1-3H2,(H,6,7). The molecule has 0 bridgehead atoms. The summed E-state index contributed by atoms with van der Waals surface area (Å²) in [6.45, 7) is 1.90. The minimum absolute atomic E-state index is 0.815. The molecule has 44 valence electrons. The van der Waals surface area contributed by atoms with Gasteiger partial charge < -0.3 is 5.32 Å². The molecular weight excluding hydrogens is 120 g/mol. The Kier molecular flexibility index (Phi) is 1.97. The SMILES string of the molecule is S=CCC1=NCCN1. The van der Waals surface area contributed by atoms with E-state index in [1.165, 1.54) is 0 Å². The van der Waals surface area contributed by atoms with Gasteiger partial charge in [0.1, 0.15) is 5.84 Å². The summed E-state index contributed by atoms with van der Waals surface area (Å²) in [5, 5.41) is 4.80. The van der Waals surface area contributed by atoms with E-state index in [-0.39, 0.29) is 0 Å². The fourth-order valence-electron chi connectivity index (χ4n) is 0.663. The van der Waals surface area contributed by atoms with Gasteiger partial charge in [0.15, 0.2) is 0 Å². The van der Waals surface area contributed by atoms with E-state index in [9.17, 15) is 0 Å². The number of hydrogen-bond acceptors (Lipinski definition) is 3. The highest BCUT2D eigenvalue weighted by atomic mass is 32.1. The molecule has 0 radical (unpaired) electrons. The van der Waals surface area contributed by atoms with E-state index in [0.717, 1.165) is 25.3 Å². The summed E-state index contributed by atoms with van der Waals surface area (Å²) < 4.78 is 0. The summed E-state index contributed by atoms with van der Waals surface area (Å²) in [5.41, 5.74) is 0. The van der Waals surface area contributed by atoms with Crippen molar-refractivity contribution in [3.8, 4) is 0 Å². The van der Waals surface area contributed by atoms with Crippen molar-refractivity contribution in [2.75, 3.05) is 13.1 Å². The third-order valence-corrected chi connectivity index (χ3v) is 1.19. The molecule has 0 aromatic rings. The van der Waals surface area contributed by atoms with Gasteiger partial charge in [0.25, 0.3) is 0 Å². The molecule has 0 saturated carbocycles. The summed E-state index contributed by atoms with van der Waals surface area (Å²) in [5.74, 6) is 1.04. The van der Waals surface area contributed by atoms with Crippen molar-refractivity contribution in [3.63, 3.8) is 0 Å². The molecule has 0 amide bonds. The van der Waals surface area contributed by atoms with Gasteiger partial charge in [0, 0.05) is 13.0 Å². The van der Waals surface area contributed by atoms with Crippen LogP contribution in [0.4, 0.5) is 0 Å². The van der Waals surface area contributed by atoms with Crippen LogP contribution in [0.25, 0.3) is 0 Å². The van der Waals surface area contributed by atoms with E-state index >= 15 is 0 Å². The molecule has 0 spiro atoms. The highest BCUT2D eigenvalue weighted by Gasteiger charge is 2.00. The van der Waals surface area contributed by atoms with Crippen LogP contribution in [0.5, 0.6) is 0 Å². The van der Waals surface area contributed by atoms with Crippen molar-refractivity contribution >= 4 is 23.4 Å². The third-order valence-electron chi connectivity index (χ3n) is 1.02. The lowest BCUT2D eigenvalue weighted by atomic mass is 10.4. The summed E-state index contributed by atoms with van der Waals surface area (Å²) in [4.78, 5) is 4.13. The second kappa shape index (κ2) is 2.77. The van der Waals surface area contributed by atoms with Gasteiger partial charge in [-0.15, -0.1) is 0 Å². The first-order chi connectivity index (χ1) is 3.93. The van der Waals surface area contributed by atoms with Crippen LogP contribution in [0.3, 0.4) is 0 Å². The summed E-state index contributed by atoms with van der Waals surface area (Å²) >= 11 is 4.64. The van der Waals surface area contributed by atoms with Crippen molar-refractivity contribution in [3.05, 3.63) is 0 Å². The molecular formula is C5H8N2S. The average Bonchev–Trinajstić information content (AvgIpc) is 2.19. The molecule has 1 N–H and O–H groups in total. The summed E-state index contributed by atoms with van der Waals surface area (Å²) in [7, 11) is 0. The molecule has 0 unspecified atom stereocenters. The van der Waals surface area contributed by atoms with Gasteiger partial charge in [-0.05, 0) is 5.37 Å². The molecule has 8 heavy (non-hydrogen) atoms. The Morgan fingerprint density at radius 3 is 3.25 bits per heavy atom. The first kappa shape index (κ1) is 5.69. The van der Waals surface area contributed by atoms with Crippen LogP contribution in [-0.4, -0.2) is 24.3 Å². The van der Waals surface area contributed by atoms with Crippen LogP contribution in [0.2, 0.25) is 0 Å². The maximum absolute atomic E-state index is 4.64. The maximum atomic E-state index is 4.64. The van der Waals surface area contributed by atoms with E-state index in [1.807, 2.05) is 0 Å². The van der Waals surface area contributed by atoms with Gasteiger partial charge in [0.2, 0.25) is 0 Å². The van der Waals surface area contributed by atoms with E-state index in [0.29, 0.717) is 0 Å². The molecule has 0 fully saturated rings. The Morgan fingerprint density at radius 2 is 2.75 bits per heavy atom. The van der Waals surface area contributed by atoms with Crippen LogP contribution in [0.15, 0.2) is 4.99 Å². The second-order valence-corrected chi connectivity index (χ2v) is 1.96. The Hall–Kier alpha value is -0.440. The monoisotopic (exact) mass is 128 g/mol. The predicted molar refractivity (Wildman–Crippen MR) is 38.6 cm³/mol. The fourth-order valence-corrected chi connectivity index (χ4v) is 0.820. The molecule has 0 aromatic carbocycles. The highest BCUT2D eigenvalue weighted by molar-refractivity contribution is 7.79. The maximum Gasteiger partial charge on any atom is 0.101 e. The molecule has 2 nitrogen and oxygen atoms in total. The van der Waals surface area contributed by atoms with Gasteiger partial charge in [-0.2, -0.15) is 0 Å². The van der Waals surface area contributed by atoms with E-state index < -0.39 is 0 Å². The van der Waals surface area contributed by atoms with Crippen LogP contribution in [0, 0.1) is 0 Å². The minimum atomic E-state index is 0.815. The van der Waals surface area contributed by atoms with Crippen molar-refractivity contribution < 1.29 is 0 Å². The van der Waals surface area contributed by atoms with Crippen molar-refractivity contribution in [2.45, 2.75) is 6.42 Å². The second-order valence-electron chi connectivity index (χ2n) is 1.63. The van der Waals surface area contributed by atoms with E-state index in [1.54, 1.807) is 5.37 Å². The van der Waals surface area contributed by atoms with Crippen LogP contribution < -0.4 is 5.32 Å². The number of thiocarbonyl (C=S) groups is 1. The summed E-state index contributed by atoms with van der Waals surface area (Å²) in [6.07, 6.45) is 0.815. The van der Waals surface area contributed by atoms with Crippen LogP contribution in [-0.2, 0) is 0 Å². The smallest absolute Gasteiger partial charge is 0.101 e.